The van der Waals surface area contributed by atoms with Crippen LogP contribution in [0.1, 0.15) is 0 Å². The second kappa shape index (κ2) is 18.1. The molecular formula is C67H49N5. The standard InChI is InChI=1S/C67H49N5/c1-69-46-70(63-38-17-16-37-62(63)69)52-29-18-30-53(44-52)71(67-57(49-25-10-4-11-26-49)34-20-35-58(67)50-27-12-5-13-28-50)54-39-40-60-59-31-14-15-36-61(59)72(64(60)45-54)65-43-51(41-42-68-65)66-55(47-21-6-2-7-22-47)32-19-33-56(66)48-23-8-3-9-24-48/h2-45H,46H2,1H3. The lowest BCUT2D eigenvalue weighted by molar-refractivity contribution is 0.949. The number of hydrogen-bond donors (Lipinski definition) is 0. The van der Waals surface area contributed by atoms with Crippen molar-refractivity contribution in [2.24, 2.45) is 0 Å². The average Bonchev–Trinajstić information content (AvgIpc) is 3.98. The van der Waals surface area contributed by atoms with E-state index in [4.69, 9.17) is 4.98 Å². The number of nitrogens with zero attached hydrogens (tertiary/aromatic N) is 5. The molecule has 72 heavy (non-hydrogen) atoms. The van der Waals surface area contributed by atoms with Crippen LogP contribution in [0.4, 0.5) is 34.1 Å². The molecule has 0 saturated carbocycles. The number of benzene rings is 10. The highest BCUT2D eigenvalue weighted by molar-refractivity contribution is 6.11. The van der Waals surface area contributed by atoms with E-state index < -0.39 is 0 Å². The molecule has 0 unspecified atom stereocenters. The molecule has 0 atom stereocenters. The van der Waals surface area contributed by atoms with Crippen LogP contribution in [0.2, 0.25) is 0 Å². The first-order chi connectivity index (χ1) is 35.7. The third kappa shape index (κ3) is 7.47. The Labute approximate surface area is 420 Å². The van der Waals surface area contributed by atoms with Crippen molar-refractivity contribution >= 4 is 55.9 Å². The highest BCUT2D eigenvalue weighted by atomic mass is 15.4. The van der Waals surface area contributed by atoms with Crippen LogP contribution in [-0.4, -0.2) is 23.3 Å². The van der Waals surface area contributed by atoms with E-state index in [1.807, 2.05) is 6.20 Å². The van der Waals surface area contributed by atoms with Gasteiger partial charge in [-0.25, -0.2) is 4.98 Å². The third-order valence-electron chi connectivity index (χ3n) is 14.2. The second-order valence-electron chi connectivity index (χ2n) is 18.5. The van der Waals surface area contributed by atoms with Gasteiger partial charge in [-0.05, 0) is 105 Å². The van der Waals surface area contributed by atoms with E-state index in [0.29, 0.717) is 0 Å². The Hall–Kier alpha value is -9.45. The molecule has 0 saturated heterocycles. The van der Waals surface area contributed by atoms with E-state index in [1.54, 1.807) is 0 Å². The summed E-state index contributed by atoms with van der Waals surface area (Å²) in [6, 6.07) is 94.3. The molecule has 1 aliphatic heterocycles. The molecule has 0 spiro atoms. The van der Waals surface area contributed by atoms with Gasteiger partial charge in [0.1, 0.15) is 5.82 Å². The zero-order chi connectivity index (χ0) is 48.0. The largest absolute Gasteiger partial charge is 0.355 e. The van der Waals surface area contributed by atoms with E-state index >= 15 is 0 Å². The maximum Gasteiger partial charge on any atom is 0.138 e. The van der Waals surface area contributed by atoms with Crippen LogP contribution in [0.3, 0.4) is 0 Å². The van der Waals surface area contributed by atoms with Gasteiger partial charge in [-0.3, -0.25) is 4.57 Å². The minimum Gasteiger partial charge on any atom is -0.355 e. The molecule has 0 radical (unpaired) electrons. The molecule has 10 aromatic carbocycles. The number of rotatable bonds is 10. The van der Waals surface area contributed by atoms with Crippen LogP contribution in [0, 0.1) is 0 Å². The molecule has 342 valence electrons. The molecule has 0 N–H and O–H groups in total. The molecule has 5 heteroatoms. The molecule has 0 aliphatic carbocycles. The summed E-state index contributed by atoms with van der Waals surface area (Å²) in [4.78, 5) is 12.4. The maximum atomic E-state index is 5.23. The normalized spacial score (nSPS) is 12.1. The summed E-state index contributed by atoms with van der Waals surface area (Å²) < 4.78 is 2.36. The van der Waals surface area contributed by atoms with Gasteiger partial charge in [-0.1, -0.05) is 200 Å². The highest BCUT2D eigenvalue weighted by Crippen LogP contribution is 2.50. The summed E-state index contributed by atoms with van der Waals surface area (Å²) in [5.41, 5.74) is 20.4. The SMILES string of the molecule is CN1CN(c2cccc(N(c3ccc4c5ccccc5n(-c5cc(-c6c(-c7ccccc7)cccc6-c6ccccc6)ccn5)c4c3)c3c(-c4ccccc4)cccc3-c3ccccc3)c2)c2ccccc21. The number of aromatic nitrogens is 2. The van der Waals surface area contributed by atoms with Crippen molar-refractivity contribution in [1.82, 2.24) is 9.55 Å². The lowest BCUT2D eigenvalue weighted by Gasteiger charge is -2.31. The molecule has 2 aromatic heterocycles. The molecule has 12 aromatic rings. The van der Waals surface area contributed by atoms with Gasteiger partial charge >= 0.3 is 0 Å². The smallest absolute Gasteiger partial charge is 0.138 e. The Bertz CT molecular complexity index is 3810. The van der Waals surface area contributed by atoms with Gasteiger partial charge in [0, 0.05) is 52.2 Å². The lowest BCUT2D eigenvalue weighted by Crippen LogP contribution is -2.24. The highest BCUT2D eigenvalue weighted by Gasteiger charge is 2.28. The number of anilines is 6. The van der Waals surface area contributed by atoms with Gasteiger partial charge < -0.3 is 14.7 Å². The molecule has 5 nitrogen and oxygen atoms in total. The van der Waals surface area contributed by atoms with Crippen molar-refractivity contribution in [3.8, 4) is 61.5 Å². The lowest BCUT2D eigenvalue weighted by atomic mass is 9.88. The summed E-state index contributed by atoms with van der Waals surface area (Å²) in [6.07, 6.45) is 1.97. The number of pyridine rings is 1. The third-order valence-corrected chi connectivity index (χ3v) is 14.2. The van der Waals surface area contributed by atoms with E-state index in [-0.39, 0.29) is 0 Å². The Morgan fingerprint density at radius 1 is 0.389 bits per heavy atom. The Kier molecular flexibility index (Phi) is 10.7. The summed E-state index contributed by atoms with van der Waals surface area (Å²) >= 11 is 0. The first-order valence-electron chi connectivity index (χ1n) is 24.6. The fourth-order valence-corrected chi connectivity index (χ4v) is 10.9. The number of para-hydroxylation sites is 4. The summed E-state index contributed by atoms with van der Waals surface area (Å²) in [5, 5.41) is 2.32. The average molecular weight is 924 g/mol. The van der Waals surface area contributed by atoms with Crippen molar-refractivity contribution in [2.75, 3.05) is 28.4 Å². The Balaban J connectivity index is 1.06. The predicted molar refractivity (Wildman–Crippen MR) is 302 cm³/mol. The summed E-state index contributed by atoms with van der Waals surface area (Å²) in [7, 11) is 2.17. The van der Waals surface area contributed by atoms with Crippen molar-refractivity contribution in [3.63, 3.8) is 0 Å². The topological polar surface area (TPSA) is 27.5 Å². The van der Waals surface area contributed by atoms with E-state index in [2.05, 4.69) is 287 Å². The molecule has 1 aliphatic rings. The van der Waals surface area contributed by atoms with Gasteiger partial charge in [0.15, 0.2) is 0 Å². The maximum absolute atomic E-state index is 5.23. The fraction of sp³-hybridized carbons (Fsp3) is 0.0299. The predicted octanol–water partition coefficient (Wildman–Crippen LogP) is 17.5. The van der Waals surface area contributed by atoms with Crippen molar-refractivity contribution in [2.45, 2.75) is 0 Å². The van der Waals surface area contributed by atoms with E-state index in [0.717, 1.165) is 79.5 Å². The van der Waals surface area contributed by atoms with Gasteiger partial charge in [0.05, 0.1) is 34.8 Å². The monoisotopic (exact) mass is 923 g/mol. The summed E-state index contributed by atoms with van der Waals surface area (Å²) in [5.74, 6) is 0.845. The molecular weight excluding hydrogens is 875 g/mol. The molecule has 3 heterocycles. The minimum atomic E-state index is 0.749. The molecule has 13 rings (SSSR count). The Morgan fingerprint density at radius 2 is 0.903 bits per heavy atom. The first-order valence-corrected chi connectivity index (χ1v) is 24.6. The zero-order valence-corrected chi connectivity index (χ0v) is 39.8. The zero-order valence-electron chi connectivity index (χ0n) is 39.8. The second-order valence-corrected chi connectivity index (χ2v) is 18.5. The summed E-state index contributed by atoms with van der Waals surface area (Å²) in [6.45, 7) is 0.749. The van der Waals surface area contributed by atoms with Gasteiger partial charge in [0.2, 0.25) is 0 Å². The van der Waals surface area contributed by atoms with Crippen LogP contribution in [0.25, 0.3) is 83.3 Å². The van der Waals surface area contributed by atoms with Crippen molar-refractivity contribution in [1.29, 1.82) is 0 Å². The Morgan fingerprint density at radius 3 is 1.54 bits per heavy atom. The van der Waals surface area contributed by atoms with Crippen molar-refractivity contribution in [3.05, 3.63) is 267 Å². The fourth-order valence-electron chi connectivity index (χ4n) is 10.9. The van der Waals surface area contributed by atoms with Crippen LogP contribution in [-0.2, 0) is 0 Å². The van der Waals surface area contributed by atoms with Crippen LogP contribution in [0.5, 0.6) is 0 Å². The van der Waals surface area contributed by atoms with Gasteiger partial charge in [0.25, 0.3) is 0 Å². The van der Waals surface area contributed by atoms with Crippen LogP contribution < -0.4 is 14.7 Å². The van der Waals surface area contributed by atoms with Crippen LogP contribution in [0.15, 0.2) is 267 Å². The van der Waals surface area contributed by atoms with Crippen LogP contribution >= 0.6 is 0 Å². The van der Waals surface area contributed by atoms with Gasteiger partial charge in [-0.2, -0.15) is 0 Å². The quantitative estimate of drug-likeness (QED) is 0.137. The van der Waals surface area contributed by atoms with Crippen molar-refractivity contribution < 1.29 is 0 Å². The van der Waals surface area contributed by atoms with Gasteiger partial charge in [-0.15, -0.1) is 0 Å². The van der Waals surface area contributed by atoms with E-state index in [1.165, 1.54) is 44.6 Å². The first kappa shape index (κ1) is 42.6. The van der Waals surface area contributed by atoms with E-state index in [9.17, 15) is 0 Å². The number of fused-ring (bicyclic) bond motifs is 4. The molecule has 0 amide bonds. The molecule has 0 bridgehead atoms. The molecule has 0 fully saturated rings. The minimum absolute atomic E-state index is 0.749. The number of hydrogen-bond acceptors (Lipinski definition) is 4.